The normalized spacial score (nSPS) is 12.1. The Balaban J connectivity index is 1.14. The van der Waals surface area contributed by atoms with E-state index in [0.717, 1.165) is 110 Å². The highest BCUT2D eigenvalue weighted by Crippen LogP contribution is 2.43. The number of allylic oxidation sites excluding steroid dienone is 1. The fraction of sp³-hybridized carbons (Fsp3) is 0.0156. The highest BCUT2D eigenvalue weighted by Gasteiger charge is 2.23. The van der Waals surface area contributed by atoms with E-state index in [1.165, 1.54) is 0 Å². The van der Waals surface area contributed by atoms with Crippen LogP contribution in [-0.2, 0) is 0 Å². The summed E-state index contributed by atoms with van der Waals surface area (Å²) in [5, 5.41) is 5.37. The van der Waals surface area contributed by atoms with Gasteiger partial charge in [0.15, 0.2) is 17.5 Å². The molecule has 0 aliphatic carbocycles. The molecule has 0 N–H and O–H groups in total. The number of rotatable bonds is 9. The number of nitrogens with zero attached hydrogens (tertiary/aromatic N) is 4. The minimum absolute atomic E-state index is 0.559. The molecule has 12 rings (SSSR count). The van der Waals surface area contributed by atoms with E-state index in [2.05, 4.69) is 188 Å². The Kier molecular flexibility index (Phi) is 10.5. The lowest BCUT2D eigenvalue weighted by molar-refractivity contribution is 0.670. The van der Waals surface area contributed by atoms with E-state index in [1.807, 2.05) is 66.7 Å². The lowest BCUT2D eigenvalue weighted by atomic mass is 9.90. The van der Waals surface area contributed by atoms with Crippen LogP contribution in [0.3, 0.4) is 0 Å². The fourth-order valence-corrected chi connectivity index (χ4v) is 9.82. The third-order valence-electron chi connectivity index (χ3n) is 13.0. The van der Waals surface area contributed by atoms with Gasteiger partial charge in [-0.15, -0.1) is 0 Å². The van der Waals surface area contributed by atoms with Gasteiger partial charge in [-0.2, -0.15) is 0 Å². The van der Waals surface area contributed by atoms with Crippen LogP contribution in [0.25, 0.3) is 129 Å². The Morgan fingerprint density at radius 3 is 1.54 bits per heavy atom. The summed E-state index contributed by atoms with van der Waals surface area (Å²) in [4.78, 5) is 15.7. The summed E-state index contributed by atoms with van der Waals surface area (Å²) < 4.78 is 9.41. The topological polar surface area (TPSA) is 56.7 Å². The first kappa shape index (κ1) is 41.3. The molecule has 0 aliphatic rings. The van der Waals surface area contributed by atoms with Gasteiger partial charge in [0.05, 0.1) is 5.52 Å². The van der Waals surface area contributed by atoms with E-state index in [-0.39, 0.29) is 0 Å². The Morgan fingerprint density at radius 1 is 0.435 bits per heavy atom. The molecule has 0 unspecified atom stereocenters. The molecule has 3 aromatic heterocycles. The van der Waals surface area contributed by atoms with Crippen LogP contribution in [0.1, 0.15) is 6.92 Å². The average Bonchev–Trinajstić information content (AvgIpc) is 3.97. The number of hydrogen-bond donors (Lipinski definition) is 0. The summed E-state index contributed by atoms with van der Waals surface area (Å²) >= 11 is 0. The summed E-state index contributed by atoms with van der Waals surface area (Å²) in [6.07, 6.45) is 6.16. The molecule has 0 amide bonds. The molecule has 0 saturated carbocycles. The van der Waals surface area contributed by atoms with E-state index < -0.39 is 0 Å². The largest absolute Gasteiger partial charge is 0.455 e. The van der Waals surface area contributed by atoms with Crippen molar-refractivity contribution in [3.63, 3.8) is 0 Å². The predicted octanol–water partition coefficient (Wildman–Crippen LogP) is 15.2. The van der Waals surface area contributed by atoms with Gasteiger partial charge in [0.25, 0.3) is 0 Å². The second-order valence-corrected chi connectivity index (χ2v) is 17.1. The van der Waals surface area contributed by atoms with Gasteiger partial charge in [-0.3, -0.25) is 0 Å². The zero-order valence-electron chi connectivity index (χ0n) is 37.9. The summed E-state index contributed by atoms with van der Waals surface area (Å²) in [5.74, 6) is 1.74. The summed E-state index contributed by atoms with van der Waals surface area (Å²) in [5.41, 5.74) is 15.0. The van der Waals surface area contributed by atoms with Crippen molar-refractivity contribution >= 4 is 45.0 Å². The van der Waals surface area contributed by atoms with Crippen LogP contribution in [0.4, 0.5) is 0 Å². The van der Waals surface area contributed by atoms with Crippen LogP contribution in [0, 0.1) is 0 Å². The zero-order chi connectivity index (χ0) is 46.3. The molecule has 0 atom stereocenters. The van der Waals surface area contributed by atoms with Gasteiger partial charge in [-0.1, -0.05) is 195 Å². The first-order valence-corrected chi connectivity index (χ1v) is 23.2. The van der Waals surface area contributed by atoms with Gasteiger partial charge in [-0.25, -0.2) is 15.0 Å². The Morgan fingerprint density at radius 2 is 0.971 bits per heavy atom. The lowest BCUT2D eigenvalue weighted by Crippen LogP contribution is -2.27. The zero-order valence-corrected chi connectivity index (χ0v) is 37.9. The van der Waals surface area contributed by atoms with Gasteiger partial charge >= 0.3 is 0 Å². The van der Waals surface area contributed by atoms with Crippen molar-refractivity contribution in [3.8, 4) is 84.4 Å². The Labute approximate surface area is 400 Å². The molecule has 0 fully saturated rings. The fourth-order valence-electron chi connectivity index (χ4n) is 9.82. The van der Waals surface area contributed by atoms with Gasteiger partial charge < -0.3 is 8.98 Å². The molecule has 0 radical (unpaired) electrons. The molecule has 69 heavy (non-hydrogen) atoms. The number of para-hydroxylation sites is 2. The van der Waals surface area contributed by atoms with Gasteiger partial charge in [-0.05, 0) is 94.4 Å². The van der Waals surface area contributed by atoms with E-state index in [0.29, 0.717) is 17.5 Å². The minimum Gasteiger partial charge on any atom is -0.455 e. The van der Waals surface area contributed by atoms with Crippen molar-refractivity contribution in [2.75, 3.05) is 0 Å². The molecule has 0 bridgehead atoms. The smallest absolute Gasteiger partial charge is 0.164 e. The molecule has 0 aliphatic heterocycles. The SMILES string of the molecule is C=C/C=c1\c(=C/C)n(-c2ccccc2)c2ccc3oc4c(-c5ccc(-c6cc(-c7ccccc7)cc(-c7ccccc7)c6)cc5-c5nc(-c6ccccc6)nc(-c6ccccc6)n5)cccc4c3c12. The third-order valence-corrected chi connectivity index (χ3v) is 13.0. The monoisotopic (exact) mass is 884 g/mol. The van der Waals surface area contributed by atoms with Crippen LogP contribution in [0.2, 0.25) is 0 Å². The lowest BCUT2D eigenvalue weighted by Gasteiger charge is -2.16. The molecular weight excluding hydrogens is 841 g/mol. The maximum Gasteiger partial charge on any atom is 0.164 e. The van der Waals surface area contributed by atoms with Crippen LogP contribution in [0.15, 0.2) is 235 Å². The quantitative estimate of drug-likeness (QED) is 0.145. The van der Waals surface area contributed by atoms with Crippen molar-refractivity contribution in [1.82, 2.24) is 19.5 Å². The first-order valence-electron chi connectivity index (χ1n) is 23.2. The number of benzene rings is 9. The summed E-state index contributed by atoms with van der Waals surface area (Å²) in [6, 6.07) is 76.2. The minimum atomic E-state index is 0.559. The maximum absolute atomic E-state index is 7.08. The van der Waals surface area contributed by atoms with E-state index in [9.17, 15) is 0 Å². The molecule has 326 valence electrons. The highest BCUT2D eigenvalue weighted by atomic mass is 16.3. The molecular formula is C64H44N4O. The van der Waals surface area contributed by atoms with E-state index >= 15 is 0 Å². The number of hydrogen-bond acceptors (Lipinski definition) is 4. The molecule has 3 heterocycles. The second kappa shape index (κ2) is 17.6. The second-order valence-electron chi connectivity index (χ2n) is 17.1. The van der Waals surface area contributed by atoms with Crippen LogP contribution < -0.4 is 10.6 Å². The van der Waals surface area contributed by atoms with Crippen molar-refractivity contribution in [2.24, 2.45) is 0 Å². The number of furan rings is 1. The summed E-state index contributed by atoms with van der Waals surface area (Å²) in [7, 11) is 0. The molecule has 5 heteroatoms. The number of aromatic nitrogens is 4. The first-order chi connectivity index (χ1) is 34.1. The van der Waals surface area contributed by atoms with Crippen LogP contribution >= 0.6 is 0 Å². The van der Waals surface area contributed by atoms with Crippen molar-refractivity contribution in [1.29, 1.82) is 0 Å². The predicted molar refractivity (Wildman–Crippen MR) is 286 cm³/mol. The Bertz CT molecular complexity index is 3890. The van der Waals surface area contributed by atoms with Crippen LogP contribution in [-0.4, -0.2) is 19.5 Å². The van der Waals surface area contributed by atoms with Crippen molar-refractivity contribution in [2.45, 2.75) is 6.92 Å². The highest BCUT2D eigenvalue weighted by molar-refractivity contribution is 6.21. The van der Waals surface area contributed by atoms with Gasteiger partial charge in [0.2, 0.25) is 0 Å². The Hall–Kier alpha value is -9.19. The summed E-state index contributed by atoms with van der Waals surface area (Å²) in [6.45, 7) is 6.24. The van der Waals surface area contributed by atoms with E-state index in [1.54, 1.807) is 0 Å². The van der Waals surface area contributed by atoms with Gasteiger partial charge in [0, 0.05) is 54.7 Å². The maximum atomic E-state index is 7.08. The number of fused-ring (bicyclic) bond motifs is 5. The third kappa shape index (κ3) is 7.43. The molecule has 0 saturated heterocycles. The van der Waals surface area contributed by atoms with Crippen molar-refractivity contribution in [3.05, 3.63) is 242 Å². The molecule has 9 aromatic carbocycles. The van der Waals surface area contributed by atoms with Crippen molar-refractivity contribution < 1.29 is 4.42 Å². The molecule has 0 spiro atoms. The molecule has 5 nitrogen and oxygen atoms in total. The standard InChI is InChI=1S/C64H44N4O/c1-3-21-53-56(4-2)68(50-30-18-9-19-31-50)57-36-37-58-60(59(53)57)54-33-20-32-52(61(54)69-58)51-35-34-46(49-39-47(42-22-10-5-11-23-42)38-48(40-49)43-24-12-6-13-25-43)41-55(51)64-66-62(44-26-14-7-15-27-44)65-63(67-64)45-28-16-8-17-29-45/h3-41H,1H2,2H3/b53-21+,56-4+. The average molecular weight is 885 g/mol. The van der Waals surface area contributed by atoms with Gasteiger partial charge in [0.1, 0.15) is 11.2 Å². The van der Waals surface area contributed by atoms with Crippen LogP contribution in [0.5, 0.6) is 0 Å². The molecule has 12 aromatic rings. The van der Waals surface area contributed by atoms with E-state index in [4.69, 9.17) is 19.4 Å².